The fourth-order valence-electron chi connectivity index (χ4n) is 2.47. The highest BCUT2D eigenvalue weighted by molar-refractivity contribution is 7.92. The molecule has 2 N–H and O–H groups in total. The molecule has 0 bridgehead atoms. The van der Waals surface area contributed by atoms with E-state index in [1.807, 2.05) is 37.3 Å². The zero-order valence-corrected chi connectivity index (χ0v) is 16.1. The van der Waals surface area contributed by atoms with Crippen LogP contribution in [0.1, 0.15) is 5.56 Å². The number of benzene rings is 3. The average molecular weight is 396 g/mol. The van der Waals surface area contributed by atoms with Crippen LogP contribution in [0.3, 0.4) is 0 Å². The molecule has 144 valence electrons. The number of nitrogens with one attached hydrogen (secondary N) is 2. The molecule has 0 aliphatic carbocycles. The van der Waals surface area contributed by atoms with Gasteiger partial charge in [0.2, 0.25) is 0 Å². The summed E-state index contributed by atoms with van der Waals surface area (Å²) >= 11 is 0. The topological polar surface area (TPSA) is 84.5 Å². The van der Waals surface area contributed by atoms with E-state index in [9.17, 15) is 13.2 Å². The lowest BCUT2D eigenvalue weighted by atomic mass is 10.2. The van der Waals surface area contributed by atoms with Crippen LogP contribution in [-0.4, -0.2) is 20.9 Å². The van der Waals surface area contributed by atoms with Crippen molar-refractivity contribution in [3.8, 4) is 5.75 Å². The van der Waals surface area contributed by atoms with Crippen LogP contribution < -0.4 is 14.8 Å². The van der Waals surface area contributed by atoms with Crippen molar-refractivity contribution in [1.82, 2.24) is 0 Å². The summed E-state index contributed by atoms with van der Waals surface area (Å²) in [5, 5.41) is 2.71. The van der Waals surface area contributed by atoms with Crippen molar-refractivity contribution in [2.45, 2.75) is 11.8 Å². The van der Waals surface area contributed by atoms with Gasteiger partial charge < -0.3 is 10.1 Å². The number of carbonyl (C=O) groups excluding carboxylic acids is 1. The average Bonchev–Trinajstić information content (AvgIpc) is 2.69. The molecule has 0 spiro atoms. The van der Waals surface area contributed by atoms with Gasteiger partial charge in [-0.25, -0.2) is 8.42 Å². The van der Waals surface area contributed by atoms with Gasteiger partial charge in [-0.2, -0.15) is 0 Å². The second-order valence-electron chi connectivity index (χ2n) is 6.09. The molecule has 0 aliphatic rings. The molecule has 28 heavy (non-hydrogen) atoms. The van der Waals surface area contributed by atoms with Crippen LogP contribution in [0.2, 0.25) is 0 Å². The predicted octanol–water partition coefficient (Wildman–Crippen LogP) is 3.81. The Morgan fingerprint density at radius 3 is 2.21 bits per heavy atom. The molecule has 0 fully saturated rings. The van der Waals surface area contributed by atoms with Gasteiger partial charge in [0.05, 0.1) is 10.6 Å². The van der Waals surface area contributed by atoms with Crippen LogP contribution in [0.25, 0.3) is 0 Å². The highest BCUT2D eigenvalue weighted by Crippen LogP contribution is 2.21. The third kappa shape index (κ3) is 5.11. The Kier molecular flexibility index (Phi) is 5.96. The first kappa shape index (κ1) is 19.4. The zero-order valence-electron chi connectivity index (χ0n) is 15.3. The number of anilines is 2. The summed E-state index contributed by atoms with van der Waals surface area (Å²) in [5.41, 5.74) is 2.04. The van der Waals surface area contributed by atoms with E-state index >= 15 is 0 Å². The minimum Gasteiger partial charge on any atom is -0.484 e. The van der Waals surface area contributed by atoms with Crippen molar-refractivity contribution in [2.75, 3.05) is 16.6 Å². The van der Waals surface area contributed by atoms with Gasteiger partial charge >= 0.3 is 0 Å². The maximum absolute atomic E-state index is 12.5. The van der Waals surface area contributed by atoms with Gasteiger partial charge in [0.15, 0.2) is 6.61 Å². The smallest absolute Gasteiger partial charge is 0.262 e. The van der Waals surface area contributed by atoms with Gasteiger partial charge in [-0.15, -0.1) is 0 Å². The lowest BCUT2D eigenvalue weighted by Gasteiger charge is -2.11. The van der Waals surface area contributed by atoms with Crippen LogP contribution >= 0.6 is 0 Å². The molecule has 1 amide bonds. The number of sulfonamides is 1. The number of ether oxygens (including phenoxy) is 1. The molecule has 3 rings (SSSR count). The summed E-state index contributed by atoms with van der Waals surface area (Å²) in [7, 11) is -3.71. The largest absolute Gasteiger partial charge is 0.484 e. The molecule has 0 atom stereocenters. The molecule has 0 saturated heterocycles. The van der Waals surface area contributed by atoms with Crippen LogP contribution in [0.15, 0.2) is 83.8 Å². The molecular weight excluding hydrogens is 376 g/mol. The SMILES string of the molecule is Cc1ccccc1NS(=O)(=O)c1ccc(OCC(=O)Nc2ccccc2)cc1. The Morgan fingerprint density at radius 2 is 1.54 bits per heavy atom. The van der Waals surface area contributed by atoms with E-state index in [1.54, 1.807) is 24.3 Å². The second kappa shape index (κ2) is 8.58. The summed E-state index contributed by atoms with van der Waals surface area (Å²) in [5.74, 6) is 0.0992. The van der Waals surface area contributed by atoms with E-state index in [2.05, 4.69) is 10.0 Å². The highest BCUT2D eigenvalue weighted by atomic mass is 32.2. The number of rotatable bonds is 7. The van der Waals surface area contributed by atoms with E-state index in [0.717, 1.165) is 5.56 Å². The maximum atomic E-state index is 12.5. The number of para-hydroxylation sites is 2. The van der Waals surface area contributed by atoms with E-state index in [0.29, 0.717) is 17.1 Å². The Morgan fingerprint density at radius 1 is 0.893 bits per heavy atom. The minimum absolute atomic E-state index is 0.108. The molecule has 0 heterocycles. The molecule has 0 unspecified atom stereocenters. The van der Waals surface area contributed by atoms with Crippen LogP contribution in [0, 0.1) is 6.92 Å². The van der Waals surface area contributed by atoms with Crippen molar-refractivity contribution in [3.05, 3.63) is 84.4 Å². The van der Waals surface area contributed by atoms with Gasteiger partial charge in [0.25, 0.3) is 15.9 Å². The number of hydrogen-bond donors (Lipinski definition) is 2. The molecule has 3 aromatic carbocycles. The molecule has 7 heteroatoms. The van der Waals surface area contributed by atoms with Crippen molar-refractivity contribution in [1.29, 1.82) is 0 Å². The molecule has 3 aromatic rings. The lowest BCUT2D eigenvalue weighted by Crippen LogP contribution is -2.20. The molecule has 6 nitrogen and oxygen atoms in total. The number of aryl methyl sites for hydroxylation is 1. The molecular formula is C21H20N2O4S. The zero-order chi connectivity index (χ0) is 20.0. The van der Waals surface area contributed by atoms with Crippen molar-refractivity contribution in [3.63, 3.8) is 0 Å². The summed E-state index contributed by atoms with van der Waals surface area (Å²) in [6, 6.07) is 22.1. The number of amides is 1. The molecule has 0 radical (unpaired) electrons. The Hall–Kier alpha value is -3.32. The fourth-order valence-corrected chi connectivity index (χ4v) is 3.60. The normalized spacial score (nSPS) is 10.9. The summed E-state index contributed by atoms with van der Waals surface area (Å²) in [4.78, 5) is 12.0. The molecule has 0 aromatic heterocycles. The third-order valence-electron chi connectivity index (χ3n) is 3.95. The Bertz CT molecular complexity index is 1050. The van der Waals surface area contributed by atoms with Gasteiger partial charge in [-0.05, 0) is 55.0 Å². The predicted molar refractivity (Wildman–Crippen MR) is 109 cm³/mol. The van der Waals surface area contributed by atoms with Gasteiger partial charge in [-0.1, -0.05) is 36.4 Å². The number of hydrogen-bond acceptors (Lipinski definition) is 4. The van der Waals surface area contributed by atoms with Crippen LogP contribution in [0.4, 0.5) is 11.4 Å². The fraction of sp³-hybridized carbons (Fsp3) is 0.0952. The molecule has 0 saturated carbocycles. The van der Waals surface area contributed by atoms with Crippen molar-refractivity contribution in [2.24, 2.45) is 0 Å². The Balaban J connectivity index is 1.60. The van der Waals surface area contributed by atoms with Gasteiger partial charge in [0, 0.05) is 5.69 Å². The third-order valence-corrected chi connectivity index (χ3v) is 5.33. The summed E-state index contributed by atoms with van der Waals surface area (Å²) in [6.45, 7) is 1.65. The minimum atomic E-state index is -3.71. The van der Waals surface area contributed by atoms with E-state index in [1.165, 1.54) is 24.3 Å². The quantitative estimate of drug-likeness (QED) is 0.636. The van der Waals surface area contributed by atoms with Crippen LogP contribution in [0.5, 0.6) is 5.75 Å². The van der Waals surface area contributed by atoms with Crippen molar-refractivity contribution >= 4 is 27.3 Å². The first-order valence-corrected chi connectivity index (χ1v) is 10.1. The lowest BCUT2D eigenvalue weighted by molar-refractivity contribution is -0.118. The summed E-state index contributed by atoms with van der Waals surface area (Å²) < 4.78 is 33.0. The van der Waals surface area contributed by atoms with E-state index < -0.39 is 10.0 Å². The Labute approximate surface area is 164 Å². The first-order valence-electron chi connectivity index (χ1n) is 8.60. The first-order chi connectivity index (χ1) is 13.4. The standard InChI is InChI=1S/C21H20N2O4S/c1-16-7-5-6-10-20(16)23-28(25,26)19-13-11-18(12-14-19)27-15-21(24)22-17-8-3-2-4-9-17/h2-14,23H,15H2,1H3,(H,22,24). The van der Waals surface area contributed by atoms with E-state index in [-0.39, 0.29) is 17.4 Å². The highest BCUT2D eigenvalue weighted by Gasteiger charge is 2.15. The second-order valence-corrected chi connectivity index (χ2v) is 7.78. The maximum Gasteiger partial charge on any atom is 0.262 e. The van der Waals surface area contributed by atoms with Crippen LogP contribution in [-0.2, 0) is 14.8 Å². The van der Waals surface area contributed by atoms with Crippen molar-refractivity contribution < 1.29 is 17.9 Å². The van der Waals surface area contributed by atoms with Gasteiger partial charge in [0.1, 0.15) is 5.75 Å². The number of carbonyl (C=O) groups is 1. The van der Waals surface area contributed by atoms with Gasteiger partial charge in [-0.3, -0.25) is 9.52 Å². The monoisotopic (exact) mass is 396 g/mol. The van der Waals surface area contributed by atoms with E-state index in [4.69, 9.17) is 4.74 Å². The molecule has 0 aliphatic heterocycles. The summed E-state index contributed by atoms with van der Waals surface area (Å²) in [6.07, 6.45) is 0.